The summed E-state index contributed by atoms with van der Waals surface area (Å²) in [6.45, 7) is 0.344. The number of nitrogens with two attached hydrogens (primary N) is 1. The Balaban J connectivity index is 2.50. The summed E-state index contributed by atoms with van der Waals surface area (Å²) in [5.74, 6) is -1.33. The van der Waals surface area contributed by atoms with Crippen LogP contribution in [0.25, 0.3) is 0 Å². The third kappa shape index (κ3) is 1.59. The zero-order valence-electron chi connectivity index (χ0n) is 8.52. The second-order valence-electron chi connectivity index (χ2n) is 3.96. The molecule has 4 heteroatoms. The van der Waals surface area contributed by atoms with Gasteiger partial charge in [0.2, 0.25) is 0 Å². The lowest BCUT2D eigenvalue weighted by molar-refractivity contribution is 0.402. The van der Waals surface area contributed by atoms with E-state index >= 15 is 0 Å². The van der Waals surface area contributed by atoms with E-state index in [0.29, 0.717) is 17.9 Å². The van der Waals surface area contributed by atoms with Crippen LogP contribution >= 0.6 is 0 Å². The van der Waals surface area contributed by atoms with Gasteiger partial charge in [-0.15, -0.1) is 0 Å². The molecule has 0 atom stereocenters. The van der Waals surface area contributed by atoms with E-state index in [2.05, 4.69) is 0 Å². The summed E-state index contributed by atoms with van der Waals surface area (Å²) in [5, 5.41) is 0. The van der Waals surface area contributed by atoms with Crippen LogP contribution in [0.1, 0.15) is 18.4 Å². The Hall–Kier alpha value is -1.16. The molecule has 0 saturated heterocycles. The van der Waals surface area contributed by atoms with Crippen molar-refractivity contribution in [3.05, 3.63) is 29.3 Å². The van der Waals surface area contributed by atoms with Crippen molar-refractivity contribution >= 4 is 0 Å². The number of benzene rings is 1. The first kappa shape index (κ1) is 10.4. The molecule has 0 aromatic heterocycles. The molecule has 1 aliphatic rings. The SMILES string of the molecule is COc1cc(F)c(F)c(C2(CN)CC2)c1. The Kier molecular flexibility index (Phi) is 2.38. The fourth-order valence-corrected chi connectivity index (χ4v) is 1.80. The summed E-state index contributed by atoms with van der Waals surface area (Å²) in [5.41, 5.74) is 5.57. The average Bonchev–Trinajstić information content (AvgIpc) is 3.02. The minimum atomic E-state index is -0.871. The number of hydrogen-bond acceptors (Lipinski definition) is 2. The Bertz CT molecular complexity index is 388. The average molecular weight is 213 g/mol. The molecular formula is C11H13F2NO. The molecule has 2 rings (SSSR count). The van der Waals surface area contributed by atoms with Crippen LogP contribution in [-0.4, -0.2) is 13.7 Å². The summed E-state index contributed by atoms with van der Waals surface area (Å²) in [7, 11) is 1.43. The van der Waals surface area contributed by atoms with E-state index in [-0.39, 0.29) is 5.41 Å². The number of ether oxygens (including phenoxy) is 1. The summed E-state index contributed by atoms with van der Waals surface area (Å²) in [6.07, 6.45) is 1.63. The normalized spacial score (nSPS) is 17.6. The minimum Gasteiger partial charge on any atom is -0.497 e. The van der Waals surface area contributed by atoms with E-state index < -0.39 is 11.6 Å². The summed E-state index contributed by atoms with van der Waals surface area (Å²) in [4.78, 5) is 0. The van der Waals surface area contributed by atoms with E-state index in [0.717, 1.165) is 18.9 Å². The zero-order valence-corrected chi connectivity index (χ0v) is 8.52. The van der Waals surface area contributed by atoms with Crippen molar-refractivity contribution in [2.24, 2.45) is 5.73 Å². The molecule has 2 N–H and O–H groups in total. The van der Waals surface area contributed by atoms with Crippen molar-refractivity contribution in [2.45, 2.75) is 18.3 Å². The van der Waals surface area contributed by atoms with Gasteiger partial charge in [0.25, 0.3) is 0 Å². The standard InChI is InChI=1S/C11H13F2NO/c1-15-7-4-8(10(13)9(12)5-7)11(6-14)2-3-11/h4-5H,2-3,6,14H2,1H3. The molecule has 1 fully saturated rings. The van der Waals surface area contributed by atoms with Crippen molar-refractivity contribution < 1.29 is 13.5 Å². The van der Waals surface area contributed by atoms with Gasteiger partial charge in [-0.25, -0.2) is 8.78 Å². The van der Waals surface area contributed by atoms with E-state index in [1.165, 1.54) is 13.2 Å². The van der Waals surface area contributed by atoms with Gasteiger partial charge < -0.3 is 10.5 Å². The molecule has 1 aromatic rings. The quantitative estimate of drug-likeness (QED) is 0.833. The second-order valence-corrected chi connectivity index (χ2v) is 3.96. The minimum absolute atomic E-state index is 0.337. The van der Waals surface area contributed by atoms with Gasteiger partial charge in [-0.05, 0) is 18.9 Å². The predicted molar refractivity (Wildman–Crippen MR) is 52.9 cm³/mol. The number of methoxy groups -OCH3 is 1. The summed E-state index contributed by atoms with van der Waals surface area (Å²) < 4.78 is 31.7. The van der Waals surface area contributed by atoms with Gasteiger partial charge in [0, 0.05) is 23.6 Å². The van der Waals surface area contributed by atoms with Crippen LogP contribution in [0.15, 0.2) is 12.1 Å². The van der Waals surface area contributed by atoms with Crippen molar-refractivity contribution in [3.63, 3.8) is 0 Å². The molecule has 0 bridgehead atoms. The first-order chi connectivity index (χ1) is 7.13. The van der Waals surface area contributed by atoms with Crippen molar-refractivity contribution in [1.29, 1.82) is 0 Å². The summed E-state index contributed by atoms with van der Waals surface area (Å²) in [6, 6.07) is 2.59. The number of halogens is 2. The van der Waals surface area contributed by atoms with Gasteiger partial charge >= 0.3 is 0 Å². The molecule has 0 radical (unpaired) electrons. The monoisotopic (exact) mass is 213 g/mol. The lowest BCUT2D eigenvalue weighted by atomic mass is 9.95. The largest absolute Gasteiger partial charge is 0.497 e. The van der Waals surface area contributed by atoms with Gasteiger partial charge in [-0.1, -0.05) is 0 Å². The lowest BCUT2D eigenvalue weighted by Gasteiger charge is -2.15. The van der Waals surface area contributed by atoms with Gasteiger partial charge in [-0.2, -0.15) is 0 Å². The molecule has 15 heavy (non-hydrogen) atoms. The Morgan fingerprint density at radius 3 is 2.53 bits per heavy atom. The van der Waals surface area contributed by atoms with E-state index in [9.17, 15) is 8.78 Å². The highest BCUT2D eigenvalue weighted by molar-refractivity contribution is 5.39. The van der Waals surface area contributed by atoms with E-state index in [1.807, 2.05) is 0 Å². The highest BCUT2D eigenvalue weighted by Crippen LogP contribution is 2.49. The predicted octanol–water partition coefficient (Wildman–Crippen LogP) is 1.96. The molecule has 1 aliphatic carbocycles. The third-order valence-electron chi connectivity index (χ3n) is 3.05. The smallest absolute Gasteiger partial charge is 0.162 e. The molecule has 1 aromatic carbocycles. The fourth-order valence-electron chi connectivity index (χ4n) is 1.80. The van der Waals surface area contributed by atoms with Crippen molar-refractivity contribution in [3.8, 4) is 5.75 Å². The molecule has 0 spiro atoms. The zero-order chi connectivity index (χ0) is 11.1. The van der Waals surface area contributed by atoms with Crippen LogP contribution in [-0.2, 0) is 5.41 Å². The van der Waals surface area contributed by atoms with Gasteiger partial charge in [-0.3, -0.25) is 0 Å². The lowest BCUT2D eigenvalue weighted by Crippen LogP contribution is -2.21. The molecule has 0 aliphatic heterocycles. The van der Waals surface area contributed by atoms with Crippen LogP contribution in [0.5, 0.6) is 5.75 Å². The van der Waals surface area contributed by atoms with Crippen LogP contribution in [0.3, 0.4) is 0 Å². The van der Waals surface area contributed by atoms with Crippen molar-refractivity contribution in [1.82, 2.24) is 0 Å². The second kappa shape index (κ2) is 3.45. The first-order valence-electron chi connectivity index (χ1n) is 4.86. The maximum atomic E-state index is 13.6. The van der Waals surface area contributed by atoms with Gasteiger partial charge in [0.1, 0.15) is 5.75 Å². The van der Waals surface area contributed by atoms with E-state index in [1.54, 1.807) is 0 Å². The Morgan fingerprint density at radius 1 is 1.40 bits per heavy atom. The molecule has 0 heterocycles. The van der Waals surface area contributed by atoms with Crippen LogP contribution in [0.4, 0.5) is 8.78 Å². The number of rotatable bonds is 3. The maximum Gasteiger partial charge on any atom is 0.162 e. The summed E-state index contributed by atoms with van der Waals surface area (Å²) >= 11 is 0. The maximum absolute atomic E-state index is 13.6. The Morgan fingerprint density at radius 2 is 2.07 bits per heavy atom. The van der Waals surface area contributed by atoms with Crippen molar-refractivity contribution in [2.75, 3.05) is 13.7 Å². The third-order valence-corrected chi connectivity index (χ3v) is 3.05. The van der Waals surface area contributed by atoms with Crippen LogP contribution < -0.4 is 10.5 Å². The van der Waals surface area contributed by atoms with Crippen LogP contribution in [0.2, 0.25) is 0 Å². The number of hydrogen-bond donors (Lipinski definition) is 1. The van der Waals surface area contributed by atoms with Gasteiger partial charge in [0.15, 0.2) is 11.6 Å². The fraction of sp³-hybridized carbons (Fsp3) is 0.455. The van der Waals surface area contributed by atoms with E-state index in [4.69, 9.17) is 10.5 Å². The Labute approximate surface area is 87.0 Å². The molecule has 0 unspecified atom stereocenters. The molecule has 2 nitrogen and oxygen atoms in total. The molecule has 0 amide bonds. The highest BCUT2D eigenvalue weighted by Gasteiger charge is 2.45. The highest BCUT2D eigenvalue weighted by atomic mass is 19.2. The molecule has 1 saturated carbocycles. The van der Waals surface area contributed by atoms with Crippen LogP contribution in [0, 0.1) is 11.6 Å². The van der Waals surface area contributed by atoms with Gasteiger partial charge in [0.05, 0.1) is 7.11 Å². The topological polar surface area (TPSA) is 35.2 Å². The first-order valence-corrected chi connectivity index (χ1v) is 4.86. The molecule has 82 valence electrons. The molecular weight excluding hydrogens is 200 g/mol.